The van der Waals surface area contributed by atoms with Crippen molar-refractivity contribution in [2.75, 3.05) is 31.2 Å². The van der Waals surface area contributed by atoms with Gasteiger partial charge < -0.3 is 21.4 Å². The van der Waals surface area contributed by atoms with Gasteiger partial charge in [0, 0.05) is 23.9 Å². The fourth-order valence-electron chi connectivity index (χ4n) is 4.10. The van der Waals surface area contributed by atoms with Gasteiger partial charge in [-0.1, -0.05) is 29.5 Å². The maximum atomic E-state index is 12.5. The minimum Gasteiger partial charge on any atom is -0.398 e. The lowest BCUT2D eigenvalue weighted by atomic mass is 9.93. The van der Waals surface area contributed by atoms with E-state index in [4.69, 9.17) is 11.1 Å². The maximum Gasteiger partial charge on any atom is 0.226 e. The quantitative estimate of drug-likeness (QED) is 0.335. The molecule has 2 aromatic heterocycles. The summed E-state index contributed by atoms with van der Waals surface area (Å²) in [4.78, 5) is 24.6. The lowest BCUT2D eigenvalue weighted by Crippen LogP contribution is -2.31. The van der Waals surface area contributed by atoms with Crippen molar-refractivity contribution < 1.29 is 4.79 Å². The summed E-state index contributed by atoms with van der Waals surface area (Å²) < 4.78 is 0. The lowest BCUT2D eigenvalue weighted by molar-refractivity contribution is -0.117. The molecule has 0 saturated carbocycles. The van der Waals surface area contributed by atoms with Crippen LogP contribution in [0.15, 0.2) is 48.7 Å². The number of amides is 1. The Kier molecular flexibility index (Phi) is 7.49. The first-order valence-electron chi connectivity index (χ1n) is 11.4. The number of pyridine rings is 1. The fraction of sp³-hybridized carbons (Fsp3) is 0.308. The maximum absolute atomic E-state index is 12.5. The van der Waals surface area contributed by atoms with E-state index in [1.807, 2.05) is 43.3 Å². The molecule has 1 aliphatic rings. The summed E-state index contributed by atoms with van der Waals surface area (Å²) >= 11 is 1.45. The van der Waals surface area contributed by atoms with E-state index in [-0.39, 0.29) is 5.91 Å². The molecule has 34 heavy (non-hydrogen) atoms. The summed E-state index contributed by atoms with van der Waals surface area (Å²) in [5.41, 5.74) is 10.4. The number of piperidine rings is 1. The second-order valence-corrected chi connectivity index (χ2v) is 9.74. The molecule has 1 fully saturated rings. The number of carbonyl (C=O) groups is 1. The van der Waals surface area contributed by atoms with Gasteiger partial charge >= 0.3 is 0 Å². The van der Waals surface area contributed by atoms with E-state index in [2.05, 4.69) is 27.2 Å². The molecule has 1 aromatic carbocycles. The van der Waals surface area contributed by atoms with E-state index in [1.165, 1.54) is 11.3 Å². The highest BCUT2D eigenvalue weighted by Gasteiger charge is 2.20. The van der Waals surface area contributed by atoms with Crippen molar-refractivity contribution >= 4 is 39.9 Å². The Morgan fingerprint density at radius 1 is 1.29 bits per heavy atom. The van der Waals surface area contributed by atoms with Gasteiger partial charge in [-0.15, -0.1) is 0 Å². The standard InChI is InChI=1S/C26H30N6OS/c1-17-25(34-26(30-17)31-24(33)15-18-10-13-32(2)14-11-18)19-6-8-21(23(28)16-19)22(27)9-7-20-5-3-4-12-29-20/h3-9,12,16,18,27H,10-11,13-15,28H2,1-2H3,(H,30,31,33)/b9-7+,27-22?. The number of hydrogen-bond acceptors (Lipinski definition) is 7. The van der Waals surface area contributed by atoms with E-state index < -0.39 is 0 Å². The van der Waals surface area contributed by atoms with E-state index in [0.717, 1.165) is 47.8 Å². The average molecular weight is 475 g/mol. The van der Waals surface area contributed by atoms with Crippen molar-refractivity contribution in [2.45, 2.75) is 26.2 Å². The van der Waals surface area contributed by atoms with Crippen molar-refractivity contribution in [2.24, 2.45) is 5.92 Å². The van der Waals surface area contributed by atoms with E-state index in [1.54, 1.807) is 18.3 Å². The predicted molar refractivity (Wildman–Crippen MR) is 140 cm³/mol. The largest absolute Gasteiger partial charge is 0.398 e. The third-order valence-corrected chi connectivity index (χ3v) is 7.19. The molecule has 0 spiro atoms. The zero-order valence-corrected chi connectivity index (χ0v) is 20.4. The highest BCUT2D eigenvalue weighted by Crippen LogP contribution is 2.35. The number of nitrogens with two attached hydrogens (primary N) is 1. The molecule has 0 unspecified atom stereocenters. The fourth-order valence-corrected chi connectivity index (χ4v) is 5.08. The number of allylic oxidation sites excluding steroid dienone is 1. The van der Waals surface area contributed by atoms with Crippen molar-refractivity contribution in [1.82, 2.24) is 14.9 Å². The Morgan fingerprint density at radius 3 is 2.79 bits per heavy atom. The molecule has 0 bridgehead atoms. The second-order valence-electron chi connectivity index (χ2n) is 8.74. The highest BCUT2D eigenvalue weighted by atomic mass is 32.1. The van der Waals surface area contributed by atoms with E-state index >= 15 is 0 Å². The molecule has 1 amide bonds. The summed E-state index contributed by atoms with van der Waals surface area (Å²) in [6, 6.07) is 11.3. The first kappa shape index (κ1) is 23.8. The summed E-state index contributed by atoms with van der Waals surface area (Å²) in [5.74, 6) is 0.462. The molecule has 7 nitrogen and oxygen atoms in total. The number of benzene rings is 1. The van der Waals surface area contributed by atoms with Crippen molar-refractivity contribution in [1.29, 1.82) is 5.41 Å². The van der Waals surface area contributed by atoms with Crippen molar-refractivity contribution in [3.63, 3.8) is 0 Å². The summed E-state index contributed by atoms with van der Waals surface area (Å²) in [6.45, 7) is 4.03. The molecule has 3 heterocycles. The molecule has 3 aromatic rings. The summed E-state index contributed by atoms with van der Waals surface area (Å²) in [5, 5.41) is 12.0. The third-order valence-electron chi connectivity index (χ3n) is 6.07. The van der Waals surface area contributed by atoms with Crippen LogP contribution in [0, 0.1) is 18.3 Å². The van der Waals surface area contributed by atoms with Gasteiger partial charge in [-0.2, -0.15) is 0 Å². The summed E-state index contributed by atoms with van der Waals surface area (Å²) in [7, 11) is 2.12. The van der Waals surface area contributed by atoms with Crippen LogP contribution in [0.2, 0.25) is 0 Å². The molecular weight excluding hydrogens is 444 g/mol. The van der Waals surface area contributed by atoms with Crippen LogP contribution in [0.3, 0.4) is 0 Å². The molecule has 1 saturated heterocycles. The Bertz CT molecular complexity index is 1200. The second kappa shape index (κ2) is 10.7. The molecule has 0 aliphatic carbocycles. The number of likely N-dealkylation sites (tertiary alicyclic amines) is 1. The number of aromatic nitrogens is 2. The molecule has 8 heteroatoms. The zero-order chi connectivity index (χ0) is 24.1. The molecule has 0 atom stereocenters. The third kappa shape index (κ3) is 5.95. The SMILES string of the molecule is Cc1nc(NC(=O)CC2CCN(C)CC2)sc1-c1ccc(C(=N)/C=C/c2ccccn2)c(N)c1. The van der Waals surface area contributed by atoms with E-state index in [9.17, 15) is 4.79 Å². The molecule has 4 N–H and O–H groups in total. The number of rotatable bonds is 7. The first-order chi connectivity index (χ1) is 16.4. The molecule has 176 valence electrons. The van der Waals surface area contributed by atoms with Gasteiger partial charge in [0.15, 0.2) is 5.13 Å². The smallest absolute Gasteiger partial charge is 0.226 e. The van der Waals surface area contributed by atoms with Gasteiger partial charge in [0.05, 0.1) is 22.0 Å². The van der Waals surface area contributed by atoms with Crippen LogP contribution in [0.5, 0.6) is 0 Å². The Morgan fingerprint density at radius 2 is 2.09 bits per heavy atom. The molecule has 1 aliphatic heterocycles. The highest BCUT2D eigenvalue weighted by molar-refractivity contribution is 7.19. The number of nitrogens with zero attached hydrogens (tertiary/aromatic N) is 3. The van der Waals surface area contributed by atoms with Crippen LogP contribution < -0.4 is 11.1 Å². The van der Waals surface area contributed by atoms with Crippen molar-refractivity contribution in [3.8, 4) is 10.4 Å². The molecule has 4 rings (SSSR count). The number of hydrogen-bond donors (Lipinski definition) is 3. The minimum atomic E-state index is 0.0258. The number of thiazole rings is 1. The van der Waals surface area contributed by atoms with Crippen LogP contribution in [-0.2, 0) is 4.79 Å². The van der Waals surface area contributed by atoms with Gasteiger partial charge in [0.2, 0.25) is 5.91 Å². The lowest BCUT2D eigenvalue weighted by Gasteiger charge is -2.28. The topological polar surface area (TPSA) is 108 Å². The van der Waals surface area contributed by atoms with Crippen LogP contribution in [0.1, 0.15) is 36.2 Å². The Balaban J connectivity index is 1.42. The van der Waals surface area contributed by atoms with Gasteiger partial charge in [0.25, 0.3) is 0 Å². The predicted octanol–water partition coefficient (Wildman–Crippen LogP) is 4.85. The van der Waals surface area contributed by atoms with Gasteiger partial charge in [-0.3, -0.25) is 9.78 Å². The Labute approximate surface area is 204 Å². The first-order valence-corrected chi connectivity index (χ1v) is 12.2. The number of anilines is 2. The van der Waals surface area contributed by atoms with Gasteiger partial charge in [0.1, 0.15) is 0 Å². The average Bonchev–Trinajstić information content (AvgIpc) is 3.19. The number of aryl methyl sites for hydroxylation is 1. The molecular formula is C26H30N6OS. The number of carbonyl (C=O) groups excluding carboxylic acids is 1. The Hall–Kier alpha value is -3.36. The summed E-state index contributed by atoms with van der Waals surface area (Å²) in [6.07, 6.45) is 7.87. The minimum absolute atomic E-state index is 0.0258. The van der Waals surface area contributed by atoms with Crippen molar-refractivity contribution in [3.05, 3.63) is 65.6 Å². The van der Waals surface area contributed by atoms with Crippen LogP contribution in [-0.4, -0.2) is 46.6 Å². The van der Waals surface area contributed by atoms with Crippen LogP contribution >= 0.6 is 11.3 Å². The van der Waals surface area contributed by atoms with Crippen LogP contribution in [0.25, 0.3) is 16.5 Å². The van der Waals surface area contributed by atoms with Gasteiger partial charge in [-0.05, 0) is 81.7 Å². The van der Waals surface area contributed by atoms with E-state index in [0.29, 0.717) is 34.4 Å². The normalized spacial score (nSPS) is 15.0. The molecule has 0 radical (unpaired) electrons. The van der Waals surface area contributed by atoms with Gasteiger partial charge in [-0.25, -0.2) is 4.98 Å². The monoisotopic (exact) mass is 474 g/mol. The van der Waals surface area contributed by atoms with Crippen LogP contribution in [0.4, 0.5) is 10.8 Å². The number of nitrogens with one attached hydrogen (secondary N) is 2. The zero-order valence-electron chi connectivity index (χ0n) is 19.5. The number of nitrogen functional groups attached to an aromatic ring is 1.